The average molecular weight is 458 g/mol. The minimum absolute atomic E-state index is 0.0219. The summed E-state index contributed by atoms with van der Waals surface area (Å²) in [7, 11) is 1.58. The molecule has 3 amide bonds. The van der Waals surface area contributed by atoms with Crippen LogP contribution in [0.15, 0.2) is 46.9 Å². The Balaban J connectivity index is 1.55. The summed E-state index contributed by atoms with van der Waals surface area (Å²) in [4.78, 5) is 38.3. The van der Waals surface area contributed by atoms with Crippen molar-refractivity contribution in [1.29, 1.82) is 0 Å². The van der Waals surface area contributed by atoms with Gasteiger partial charge in [0.15, 0.2) is 0 Å². The first kappa shape index (κ1) is 21.0. The number of amides is 3. The third-order valence-electron chi connectivity index (χ3n) is 5.04. The summed E-state index contributed by atoms with van der Waals surface area (Å²) in [5, 5.41) is 5.69. The molecule has 1 aliphatic rings. The molecule has 2 N–H and O–H groups in total. The Bertz CT molecular complexity index is 943. The van der Waals surface area contributed by atoms with Gasteiger partial charge in [-0.25, -0.2) is 0 Å². The lowest BCUT2D eigenvalue weighted by atomic mass is 10.1. The van der Waals surface area contributed by atoms with Crippen LogP contribution < -0.4 is 10.6 Å². The molecule has 152 valence electrons. The summed E-state index contributed by atoms with van der Waals surface area (Å²) in [6.45, 7) is 3.89. The predicted octanol–water partition coefficient (Wildman–Crippen LogP) is 4.06. The zero-order chi connectivity index (χ0) is 21.1. The van der Waals surface area contributed by atoms with Gasteiger partial charge < -0.3 is 15.5 Å². The summed E-state index contributed by atoms with van der Waals surface area (Å²) in [5.41, 5.74) is 2.76. The quantitative estimate of drug-likeness (QED) is 0.686. The van der Waals surface area contributed by atoms with Gasteiger partial charge in [-0.1, -0.05) is 22.9 Å². The smallest absolute Gasteiger partial charge is 0.254 e. The summed E-state index contributed by atoms with van der Waals surface area (Å²) < 4.78 is 0.937. The maximum Gasteiger partial charge on any atom is 0.254 e. The normalized spacial score (nSPS) is 17.4. The van der Waals surface area contributed by atoms with E-state index in [-0.39, 0.29) is 30.2 Å². The van der Waals surface area contributed by atoms with Crippen molar-refractivity contribution in [2.24, 2.45) is 11.8 Å². The molecule has 0 saturated heterocycles. The van der Waals surface area contributed by atoms with E-state index in [1.807, 2.05) is 25.1 Å². The first-order chi connectivity index (χ1) is 13.7. The fourth-order valence-electron chi connectivity index (χ4n) is 3.08. The van der Waals surface area contributed by atoms with E-state index in [9.17, 15) is 14.4 Å². The minimum atomic E-state index is -0.270. The third kappa shape index (κ3) is 5.44. The number of anilines is 2. The molecule has 0 aliphatic heterocycles. The van der Waals surface area contributed by atoms with Crippen molar-refractivity contribution in [3.63, 3.8) is 0 Å². The topological polar surface area (TPSA) is 78.5 Å². The second-order valence-electron chi connectivity index (χ2n) is 7.55. The van der Waals surface area contributed by atoms with Gasteiger partial charge in [0.05, 0.1) is 6.54 Å². The van der Waals surface area contributed by atoms with Crippen LogP contribution in [0.4, 0.5) is 11.4 Å². The summed E-state index contributed by atoms with van der Waals surface area (Å²) in [6, 6.07) is 12.3. The molecule has 29 heavy (non-hydrogen) atoms. The standard InChI is InChI=1S/C22H24BrN3O3/c1-13-11-18(13)21(28)24-17-7-4-15(5-8-17)22(29)26(3)12-20(27)25-19-9-6-16(23)10-14(19)2/h4-10,13,18H,11-12H2,1-3H3,(H,24,28)(H,25,27). The lowest BCUT2D eigenvalue weighted by Crippen LogP contribution is -2.35. The van der Waals surface area contributed by atoms with Crippen LogP contribution in [0.2, 0.25) is 0 Å². The second-order valence-corrected chi connectivity index (χ2v) is 8.47. The van der Waals surface area contributed by atoms with Crippen molar-refractivity contribution in [3.8, 4) is 0 Å². The lowest BCUT2D eigenvalue weighted by Gasteiger charge is -2.18. The van der Waals surface area contributed by atoms with Crippen LogP contribution in [-0.2, 0) is 9.59 Å². The van der Waals surface area contributed by atoms with Crippen molar-refractivity contribution >= 4 is 45.0 Å². The minimum Gasteiger partial charge on any atom is -0.332 e. The Morgan fingerprint density at radius 2 is 1.76 bits per heavy atom. The van der Waals surface area contributed by atoms with E-state index in [0.717, 1.165) is 16.5 Å². The van der Waals surface area contributed by atoms with Crippen LogP contribution in [0.5, 0.6) is 0 Å². The van der Waals surface area contributed by atoms with Gasteiger partial charge in [0.2, 0.25) is 11.8 Å². The number of likely N-dealkylation sites (N-methyl/N-ethyl adjacent to an activating group) is 1. The molecule has 0 bridgehead atoms. The van der Waals surface area contributed by atoms with E-state index in [1.54, 1.807) is 31.3 Å². The van der Waals surface area contributed by atoms with Crippen LogP contribution in [0.25, 0.3) is 0 Å². The molecule has 1 saturated carbocycles. The number of nitrogens with zero attached hydrogens (tertiary/aromatic N) is 1. The van der Waals surface area contributed by atoms with Gasteiger partial charge in [-0.3, -0.25) is 14.4 Å². The van der Waals surface area contributed by atoms with Crippen molar-refractivity contribution in [2.75, 3.05) is 24.2 Å². The Hall–Kier alpha value is -2.67. The number of nitrogens with one attached hydrogen (secondary N) is 2. The van der Waals surface area contributed by atoms with E-state index in [0.29, 0.717) is 22.9 Å². The number of hydrogen-bond donors (Lipinski definition) is 2. The number of benzene rings is 2. The number of rotatable bonds is 6. The fraction of sp³-hybridized carbons (Fsp3) is 0.318. The van der Waals surface area contributed by atoms with Gasteiger partial charge in [-0.05, 0) is 67.3 Å². The number of hydrogen-bond acceptors (Lipinski definition) is 3. The average Bonchev–Trinajstić information content (AvgIpc) is 3.41. The maximum absolute atomic E-state index is 12.6. The van der Waals surface area contributed by atoms with Crippen molar-refractivity contribution in [1.82, 2.24) is 4.90 Å². The van der Waals surface area contributed by atoms with E-state index in [2.05, 4.69) is 33.5 Å². The molecular weight excluding hydrogens is 434 g/mol. The van der Waals surface area contributed by atoms with Crippen LogP contribution >= 0.6 is 15.9 Å². The van der Waals surface area contributed by atoms with Gasteiger partial charge in [-0.2, -0.15) is 0 Å². The Kier molecular flexibility index (Phi) is 6.37. The summed E-state index contributed by atoms with van der Waals surface area (Å²) in [5.74, 6) is 0.0239. The summed E-state index contributed by atoms with van der Waals surface area (Å²) >= 11 is 3.39. The van der Waals surface area contributed by atoms with Crippen molar-refractivity contribution < 1.29 is 14.4 Å². The van der Waals surface area contributed by atoms with Crippen molar-refractivity contribution in [3.05, 3.63) is 58.1 Å². The van der Waals surface area contributed by atoms with Gasteiger partial charge >= 0.3 is 0 Å². The molecule has 3 rings (SSSR count). The highest BCUT2D eigenvalue weighted by atomic mass is 79.9. The summed E-state index contributed by atoms with van der Waals surface area (Å²) in [6.07, 6.45) is 0.926. The van der Waals surface area contributed by atoms with Gasteiger partial charge in [-0.15, -0.1) is 0 Å². The molecule has 1 aliphatic carbocycles. The predicted molar refractivity (Wildman–Crippen MR) is 117 cm³/mol. The highest BCUT2D eigenvalue weighted by Gasteiger charge is 2.39. The monoisotopic (exact) mass is 457 g/mol. The molecule has 2 unspecified atom stereocenters. The van der Waals surface area contributed by atoms with Crippen molar-refractivity contribution in [2.45, 2.75) is 20.3 Å². The molecule has 2 atom stereocenters. The van der Waals surface area contributed by atoms with E-state index in [4.69, 9.17) is 0 Å². The lowest BCUT2D eigenvalue weighted by molar-refractivity contribution is -0.118. The molecule has 2 aromatic rings. The van der Waals surface area contributed by atoms with Gasteiger partial charge in [0, 0.05) is 34.4 Å². The molecule has 0 radical (unpaired) electrons. The Morgan fingerprint density at radius 3 is 2.34 bits per heavy atom. The number of aryl methyl sites for hydroxylation is 1. The number of carbonyl (C=O) groups is 3. The fourth-order valence-corrected chi connectivity index (χ4v) is 3.56. The zero-order valence-electron chi connectivity index (χ0n) is 16.7. The van der Waals surface area contributed by atoms with E-state index in [1.165, 1.54) is 4.90 Å². The number of halogens is 1. The zero-order valence-corrected chi connectivity index (χ0v) is 18.2. The second kappa shape index (κ2) is 8.78. The van der Waals surface area contributed by atoms with E-state index < -0.39 is 0 Å². The Morgan fingerprint density at radius 1 is 1.10 bits per heavy atom. The molecule has 2 aromatic carbocycles. The maximum atomic E-state index is 12.6. The molecule has 7 heteroatoms. The largest absolute Gasteiger partial charge is 0.332 e. The van der Waals surface area contributed by atoms with Crippen LogP contribution in [0.3, 0.4) is 0 Å². The molecule has 0 aromatic heterocycles. The van der Waals surface area contributed by atoms with Crippen LogP contribution in [-0.4, -0.2) is 36.2 Å². The van der Waals surface area contributed by atoms with Crippen LogP contribution in [0.1, 0.15) is 29.3 Å². The first-order valence-electron chi connectivity index (χ1n) is 9.47. The molecule has 0 heterocycles. The number of carbonyl (C=O) groups excluding carboxylic acids is 3. The highest BCUT2D eigenvalue weighted by molar-refractivity contribution is 9.10. The molecular formula is C22H24BrN3O3. The molecule has 6 nitrogen and oxygen atoms in total. The third-order valence-corrected chi connectivity index (χ3v) is 5.53. The van der Waals surface area contributed by atoms with Crippen LogP contribution in [0, 0.1) is 18.8 Å². The highest BCUT2D eigenvalue weighted by Crippen LogP contribution is 2.38. The van der Waals surface area contributed by atoms with Gasteiger partial charge in [0.25, 0.3) is 5.91 Å². The SMILES string of the molecule is Cc1cc(Br)ccc1NC(=O)CN(C)C(=O)c1ccc(NC(=O)C2CC2C)cc1. The van der Waals surface area contributed by atoms with E-state index >= 15 is 0 Å². The Labute approximate surface area is 178 Å². The molecule has 0 spiro atoms. The first-order valence-corrected chi connectivity index (χ1v) is 10.3. The molecule has 1 fully saturated rings. The van der Waals surface area contributed by atoms with Gasteiger partial charge in [0.1, 0.15) is 0 Å².